The Balaban J connectivity index is 2.05. The number of halogens is 1. The van der Waals surface area contributed by atoms with E-state index >= 15 is 0 Å². The summed E-state index contributed by atoms with van der Waals surface area (Å²) in [5.74, 6) is 0.799. The van der Waals surface area contributed by atoms with Crippen LogP contribution >= 0.6 is 0 Å². The van der Waals surface area contributed by atoms with E-state index in [0.717, 1.165) is 19.6 Å². The molecule has 5 nitrogen and oxygen atoms in total. The molecule has 0 aliphatic heterocycles. The number of anilines is 2. The first-order valence-electron chi connectivity index (χ1n) is 6.94. The second-order valence-corrected chi connectivity index (χ2v) is 4.46. The molecule has 1 aromatic heterocycles. The van der Waals surface area contributed by atoms with Gasteiger partial charge in [0.1, 0.15) is 11.6 Å². The van der Waals surface area contributed by atoms with Gasteiger partial charge >= 0.3 is 0 Å². The lowest BCUT2D eigenvalue weighted by atomic mass is 10.3. The first-order valence-corrected chi connectivity index (χ1v) is 6.94. The molecular weight excluding hydrogens is 273 g/mol. The predicted molar refractivity (Wildman–Crippen MR) is 79.6 cm³/mol. The number of nitrogens with one attached hydrogen (secondary N) is 1. The molecule has 0 bridgehead atoms. The lowest BCUT2D eigenvalue weighted by Crippen LogP contribution is -2.06. The zero-order valence-electron chi connectivity index (χ0n) is 12.3. The Morgan fingerprint density at radius 3 is 3.00 bits per heavy atom. The highest BCUT2D eigenvalue weighted by atomic mass is 19.1. The van der Waals surface area contributed by atoms with E-state index in [1.165, 1.54) is 19.2 Å². The third-order valence-corrected chi connectivity index (χ3v) is 3.02. The Hall–Kier alpha value is -2.08. The van der Waals surface area contributed by atoms with E-state index in [-0.39, 0.29) is 5.82 Å². The van der Waals surface area contributed by atoms with Crippen LogP contribution in [0, 0.1) is 5.82 Å². The van der Waals surface area contributed by atoms with Gasteiger partial charge in [-0.25, -0.2) is 9.37 Å². The first-order chi connectivity index (χ1) is 10.2. The van der Waals surface area contributed by atoms with Gasteiger partial charge in [-0.15, -0.1) is 0 Å². The Labute approximate surface area is 123 Å². The summed E-state index contributed by atoms with van der Waals surface area (Å²) < 4.78 is 25.7. The van der Waals surface area contributed by atoms with Gasteiger partial charge in [-0.1, -0.05) is 0 Å². The second-order valence-electron chi connectivity index (χ2n) is 4.46. The Kier molecular flexibility index (Phi) is 5.57. The molecule has 0 aliphatic carbocycles. The van der Waals surface area contributed by atoms with Crippen LogP contribution < -0.4 is 10.1 Å². The van der Waals surface area contributed by atoms with Gasteiger partial charge in [0.25, 0.3) is 0 Å². The average Bonchev–Trinajstić information content (AvgIpc) is 2.93. The van der Waals surface area contributed by atoms with Crippen molar-refractivity contribution in [1.82, 2.24) is 9.55 Å². The second kappa shape index (κ2) is 7.64. The zero-order chi connectivity index (χ0) is 15.1. The van der Waals surface area contributed by atoms with Crippen molar-refractivity contribution in [2.24, 2.45) is 0 Å². The third kappa shape index (κ3) is 4.19. The summed E-state index contributed by atoms with van der Waals surface area (Å²) in [7, 11) is 1.51. The van der Waals surface area contributed by atoms with Crippen molar-refractivity contribution in [2.75, 3.05) is 25.6 Å². The van der Waals surface area contributed by atoms with Crippen LogP contribution in [0.15, 0.2) is 30.6 Å². The standard InChI is InChI=1S/C15H20FN3O2/c1-3-21-10-4-8-19-9-7-17-15(19)18-13-6-5-12(16)11-14(13)20-2/h5-7,9,11H,3-4,8,10H2,1-2H3,(H,17,18). The van der Waals surface area contributed by atoms with Crippen molar-refractivity contribution in [1.29, 1.82) is 0 Å². The van der Waals surface area contributed by atoms with Gasteiger partial charge in [-0.3, -0.25) is 0 Å². The normalized spacial score (nSPS) is 10.6. The van der Waals surface area contributed by atoms with Gasteiger partial charge in [0.15, 0.2) is 0 Å². The molecule has 0 fully saturated rings. The number of aryl methyl sites for hydroxylation is 1. The first kappa shape index (κ1) is 15.3. The molecule has 0 unspecified atom stereocenters. The van der Waals surface area contributed by atoms with E-state index in [4.69, 9.17) is 9.47 Å². The molecule has 1 N–H and O–H groups in total. The quantitative estimate of drug-likeness (QED) is 0.759. The number of rotatable bonds is 8. The molecule has 2 rings (SSSR count). The molecule has 114 valence electrons. The van der Waals surface area contributed by atoms with Gasteiger partial charge in [0, 0.05) is 38.2 Å². The molecule has 2 aromatic rings. The highest BCUT2D eigenvalue weighted by molar-refractivity contribution is 5.62. The summed E-state index contributed by atoms with van der Waals surface area (Å²) in [6.07, 6.45) is 4.52. The maximum absolute atomic E-state index is 13.2. The van der Waals surface area contributed by atoms with E-state index in [1.54, 1.807) is 12.3 Å². The van der Waals surface area contributed by atoms with Crippen LogP contribution in [0.3, 0.4) is 0 Å². The van der Waals surface area contributed by atoms with Crippen molar-refractivity contribution in [3.8, 4) is 5.75 Å². The molecule has 1 aromatic carbocycles. The highest BCUT2D eigenvalue weighted by Gasteiger charge is 2.08. The summed E-state index contributed by atoms with van der Waals surface area (Å²) in [5.41, 5.74) is 0.677. The van der Waals surface area contributed by atoms with Crippen LogP contribution in [0.4, 0.5) is 16.0 Å². The Morgan fingerprint density at radius 1 is 1.38 bits per heavy atom. The number of hydrogen-bond acceptors (Lipinski definition) is 4. The molecule has 0 saturated carbocycles. The molecule has 0 aliphatic rings. The number of ether oxygens (including phenoxy) is 2. The molecule has 0 radical (unpaired) electrons. The van der Waals surface area contributed by atoms with E-state index in [0.29, 0.717) is 24.0 Å². The number of hydrogen-bond donors (Lipinski definition) is 1. The van der Waals surface area contributed by atoms with Crippen LogP contribution in [0.1, 0.15) is 13.3 Å². The molecule has 21 heavy (non-hydrogen) atoms. The number of methoxy groups -OCH3 is 1. The molecular formula is C15H20FN3O2. The van der Waals surface area contributed by atoms with E-state index in [2.05, 4.69) is 10.3 Å². The summed E-state index contributed by atoms with van der Waals surface area (Å²) >= 11 is 0. The van der Waals surface area contributed by atoms with Crippen molar-refractivity contribution >= 4 is 11.6 Å². The van der Waals surface area contributed by atoms with Crippen LogP contribution in [-0.4, -0.2) is 29.9 Å². The minimum absolute atomic E-state index is 0.336. The van der Waals surface area contributed by atoms with Crippen LogP contribution in [0.5, 0.6) is 5.75 Å². The molecule has 1 heterocycles. The summed E-state index contributed by atoms with van der Waals surface area (Å²) in [6, 6.07) is 4.35. The molecule has 0 amide bonds. The number of imidazole rings is 1. The van der Waals surface area contributed by atoms with Gasteiger partial charge in [-0.05, 0) is 25.5 Å². The minimum atomic E-state index is -0.336. The molecule has 0 saturated heterocycles. The summed E-state index contributed by atoms with van der Waals surface area (Å²) in [4.78, 5) is 4.27. The molecule has 0 atom stereocenters. The number of aromatic nitrogens is 2. The van der Waals surface area contributed by atoms with Gasteiger partial charge in [0.2, 0.25) is 5.95 Å². The zero-order valence-corrected chi connectivity index (χ0v) is 12.3. The van der Waals surface area contributed by atoms with Crippen LogP contribution in [-0.2, 0) is 11.3 Å². The highest BCUT2D eigenvalue weighted by Crippen LogP contribution is 2.27. The number of benzene rings is 1. The maximum atomic E-state index is 13.2. The lowest BCUT2D eigenvalue weighted by Gasteiger charge is -2.12. The van der Waals surface area contributed by atoms with E-state index in [1.807, 2.05) is 17.7 Å². The fourth-order valence-corrected chi connectivity index (χ4v) is 1.98. The fraction of sp³-hybridized carbons (Fsp3) is 0.400. The minimum Gasteiger partial charge on any atom is -0.494 e. The van der Waals surface area contributed by atoms with Crippen LogP contribution in [0.2, 0.25) is 0 Å². The molecule has 0 spiro atoms. The third-order valence-electron chi connectivity index (χ3n) is 3.02. The van der Waals surface area contributed by atoms with Crippen molar-refractivity contribution < 1.29 is 13.9 Å². The Bertz CT molecular complexity index is 572. The smallest absolute Gasteiger partial charge is 0.207 e. The average molecular weight is 293 g/mol. The SMILES string of the molecule is CCOCCCn1ccnc1Nc1ccc(F)cc1OC. The van der Waals surface area contributed by atoms with E-state index < -0.39 is 0 Å². The van der Waals surface area contributed by atoms with E-state index in [9.17, 15) is 4.39 Å². The van der Waals surface area contributed by atoms with Gasteiger partial charge in [0.05, 0.1) is 12.8 Å². The van der Waals surface area contributed by atoms with Crippen LogP contribution in [0.25, 0.3) is 0 Å². The fourth-order valence-electron chi connectivity index (χ4n) is 1.98. The summed E-state index contributed by atoms with van der Waals surface area (Å²) in [5, 5.41) is 3.16. The van der Waals surface area contributed by atoms with Gasteiger partial charge < -0.3 is 19.4 Å². The predicted octanol–water partition coefficient (Wildman–Crippen LogP) is 3.20. The van der Waals surface area contributed by atoms with Crippen molar-refractivity contribution in [3.63, 3.8) is 0 Å². The Morgan fingerprint density at radius 2 is 2.24 bits per heavy atom. The monoisotopic (exact) mass is 293 g/mol. The van der Waals surface area contributed by atoms with Crippen molar-refractivity contribution in [2.45, 2.75) is 19.9 Å². The topological polar surface area (TPSA) is 48.3 Å². The number of nitrogens with zero attached hydrogens (tertiary/aromatic N) is 2. The van der Waals surface area contributed by atoms with Gasteiger partial charge in [-0.2, -0.15) is 0 Å². The van der Waals surface area contributed by atoms with Crippen molar-refractivity contribution in [3.05, 3.63) is 36.4 Å². The largest absolute Gasteiger partial charge is 0.494 e. The maximum Gasteiger partial charge on any atom is 0.207 e. The lowest BCUT2D eigenvalue weighted by molar-refractivity contribution is 0.142. The summed E-state index contributed by atoms with van der Waals surface area (Å²) in [6.45, 7) is 4.21. The molecule has 6 heteroatoms.